The van der Waals surface area contributed by atoms with Crippen LogP contribution in [-0.4, -0.2) is 15.0 Å². The summed E-state index contributed by atoms with van der Waals surface area (Å²) in [5.41, 5.74) is 11.6. The number of nitrogens with zero attached hydrogens (tertiary/aromatic N) is 3. The fourth-order valence-electron chi connectivity index (χ4n) is 7.31. The predicted molar refractivity (Wildman–Crippen MR) is 209 cm³/mol. The van der Waals surface area contributed by atoms with Gasteiger partial charge in [0.1, 0.15) is 11.2 Å². The van der Waals surface area contributed by atoms with Crippen molar-refractivity contribution in [3.63, 3.8) is 0 Å². The van der Waals surface area contributed by atoms with Gasteiger partial charge in [-0.05, 0) is 53.6 Å². The summed E-state index contributed by atoms with van der Waals surface area (Å²) in [6.45, 7) is 0. The lowest BCUT2D eigenvalue weighted by atomic mass is 9.95. The van der Waals surface area contributed by atoms with Gasteiger partial charge in [-0.25, -0.2) is 15.0 Å². The molecule has 0 aliphatic carbocycles. The van der Waals surface area contributed by atoms with Gasteiger partial charge in [0.2, 0.25) is 0 Å². The zero-order chi connectivity index (χ0) is 33.7. The standard InChI is InChI=1S/C47H29N3O/c1-4-14-30(15-5-1)34-20-10-11-21-35(34)41-29-40(31-16-6-2-7-17-31)49-47(50-41)33-24-26-42-38(28-33)45-43(51-42)27-25-37-44(45)36-22-12-13-23-39(36)48-46(37)32-18-8-3-9-19-32/h1-29H. The number of para-hydroxylation sites is 1. The highest BCUT2D eigenvalue weighted by molar-refractivity contribution is 6.28. The molecule has 0 atom stereocenters. The van der Waals surface area contributed by atoms with Gasteiger partial charge in [0.05, 0.1) is 22.6 Å². The average molecular weight is 652 g/mol. The minimum absolute atomic E-state index is 0.655. The molecule has 0 amide bonds. The van der Waals surface area contributed by atoms with Gasteiger partial charge in [0.25, 0.3) is 0 Å². The van der Waals surface area contributed by atoms with Crippen LogP contribution in [0.5, 0.6) is 0 Å². The molecule has 10 rings (SSSR count). The molecule has 3 heterocycles. The molecule has 0 spiro atoms. The van der Waals surface area contributed by atoms with E-state index in [9.17, 15) is 0 Å². The van der Waals surface area contributed by atoms with E-state index in [4.69, 9.17) is 19.4 Å². The van der Waals surface area contributed by atoms with E-state index in [-0.39, 0.29) is 0 Å². The molecule has 4 nitrogen and oxygen atoms in total. The lowest BCUT2D eigenvalue weighted by molar-refractivity contribution is 0.669. The molecule has 3 aromatic heterocycles. The van der Waals surface area contributed by atoms with Crippen LogP contribution in [0.1, 0.15) is 0 Å². The molecule has 10 aromatic rings. The normalized spacial score (nSPS) is 11.5. The summed E-state index contributed by atoms with van der Waals surface area (Å²) in [5, 5.41) is 5.39. The maximum atomic E-state index is 6.54. The first kappa shape index (κ1) is 29.0. The third kappa shape index (κ3) is 4.96. The minimum Gasteiger partial charge on any atom is -0.456 e. The van der Waals surface area contributed by atoms with E-state index in [1.807, 2.05) is 42.5 Å². The molecule has 0 bridgehead atoms. The number of furan rings is 1. The molecule has 0 unspecified atom stereocenters. The van der Waals surface area contributed by atoms with E-state index in [0.29, 0.717) is 5.82 Å². The Kier molecular flexibility index (Phi) is 6.78. The van der Waals surface area contributed by atoms with Gasteiger partial charge in [-0.15, -0.1) is 0 Å². The third-order valence-corrected chi connectivity index (χ3v) is 9.69. The van der Waals surface area contributed by atoms with E-state index >= 15 is 0 Å². The Hall–Kier alpha value is -6.91. The van der Waals surface area contributed by atoms with Crippen molar-refractivity contribution < 1.29 is 4.42 Å². The van der Waals surface area contributed by atoms with E-state index in [1.165, 1.54) is 0 Å². The smallest absolute Gasteiger partial charge is 0.160 e. The van der Waals surface area contributed by atoms with Gasteiger partial charge >= 0.3 is 0 Å². The Morgan fingerprint density at radius 2 is 0.980 bits per heavy atom. The molecular weight excluding hydrogens is 623 g/mol. The number of pyridine rings is 1. The predicted octanol–water partition coefficient (Wildman–Crippen LogP) is 12.4. The highest BCUT2D eigenvalue weighted by Gasteiger charge is 2.19. The zero-order valence-electron chi connectivity index (χ0n) is 27.5. The van der Waals surface area contributed by atoms with Crippen LogP contribution in [0.25, 0.3) is 99.9 Å². The summed E-state index contributed by atoms with van der Waals surface area (Å²) in [4.78, 5) is 15.6. The van der Waals surface area contributed by atoms with Crippen molar-refractivity contribution in [2.45, 2.75) is 0 Å². The molecule has 0 saturated carbocycles. The molecule has 4 heteroatoms. The van der Waals surface area contributed by atoms with Gasteiger partial charge in [0.15, 0.2) is 5.82 Å². The molecule has 0 radical (unpaired) electrons. The number of rotatable bonds is 5. The quantitative estimate of drug-likeness (QED) is 0.174. The van der Waals surface area contributed by atoms with Crippen LogP contribution in [0.15, 0.2) is 180 Å². The Balaban J connectivity index is 1.24. The van der Waals surface area contributed by atoms with Gasteiger partial charge in [0, 0.05) is 49.2 Å². The van der Waals surface area contributed by atoms with Crippen molar-refractivity contribution in [2.24, 2.45) is 0 Å². The first-order valence-electron chi connectivity index (χ1n) is 17.1. The van der Waals surface area contributed by atoms with E-state index < -0.39 is 0 Å². The molecule has 51 heavy (non-hydrogen) atoms. The van der Waals surface area contributed by atoms with Crippen LogP contribution in [0.3, 0.4) is 0 Å². The summed E-state index contributed by atoms with van der Waals surface area (Å²) in [6.07, 6.45) is 0. The third-order valence-electron chi connectivity index (χ3n) is 9.69. The second-order valence-electron chi connectivity index (χ2n) is 12.8. The van der Waals surface area contributed by atoms with Crippen molar-refractivity contribution in [1.29, 1.82) is 0 Å². The Bertz CT molecular complexity index is 2900. The van der Waals surface area contributed by atoms with Crippen LogP contribution in [0.2, 0.25) is 0 Å². The summed E-state index contributed by atoms with van der Waals surface area (Å²) in [5.74, 6) is 0.655. The highest BCUT2D eigenvalue weighted by Crippen LogP contribution is 2.42. The summed E-state index contributed by atoms with van der Waals surface area (Å²) in [7, 11) is 0. The number of benzene rings is 7. The molecule has 0 aliphatic heterocycles. The van der Waals surface area contributed by atoms with Crippen LogP contribution < -0.4 is 0 Å². The van der Waals surface area contributed by atoms with Crippen LogP contribution in [0, 0.1) is 0 Å². The monoisotopic (exact) mass is 651 g/mol. The molecule has 7 aromatic carbocycles. The fraction of sp³-hybridized carbons (Fsp3) is 0. The van der Waals surface area contributed by atoms with Crippen molar-refractivity contribution in [1.82, 2.24) is 15.0 Å². The first-order chi connectivity index (χ1) is 25.3. The van der Waals surface area contributed by atoms with Crippen molar-refractivity contribution >= 4 is 43.6 Å². The van der Waals surface area contributed by atoms with Gasteiger partial charge in [-0.2, -0.15) is 0 Å². The second-order valence-corrected chi connectivity index (χ2v) is 12.8. The summed E-state index contributed by atoms with van der Waals surface area (Å²) in [6, 6.07) is 60.7. The van der Waals surface area contributed by atoms with Crippen molar-refractivity contribution in [3.8, 4) is 56.3 Å². The van der Waals surface area contributed by atoms with E-state index in [0.717, 1.165) is 94.1 Å². The van der Waals surface area contributed by atoms with Gasteiger partial charge in [-0.1, -0.05) is 133 Å². The lowest BCUT2D eigenvalue weighted by Crippen LogP contribution is -1.97. The summed E-state index contributed by atoms with van der Waals surface area (Å²) >= 11 is 0. The second kappa shape index (κ2) is 11.9. The Morgan fingerprint density at radius 3 is 1.76 bits per heavy atom. The molecule has 0 N–H and O–H groups in total. The number of aromatic nitrogens is 3. The molecule has 0 saturated heterocycles. The number of fused-ring (bicyclic) bond motifs is 7. The van der Waals surface area contributed by atoms with E-state index in [1.54, 1.807) is 0 Å². The largest absolute Gasteiger partial charge is 0.456 e. The van der Waals surface area contributed by atoms with Crippen LogP contribution in [0.4, 0.5) is 0 Å². The molecule has 0 fully saturated rings. The maximum absolute atomic E-state index is 6.54. The van der Waals surface area contributed by atoms with Gasteiger partial charge in [-0.3, -0.25) is 0 Å². The first-order valence-corrected chi connectivity index (χ1v) is 17.1. The highest BCUT2D eigenvalue weighted by atomic mass is 16.3. The van der Waals surface area contributed by atoms with Gasteiger partial charge < -0.3 is 4.42 Å². The van der Waals surface area contributed by atoms with Crippen molar-refractivity contribution in [2.75, 3.05) is 0 Å². The van der Waals surface area contributed by atoms with Crippen LogP contribution in [-0.2, 0) is 0 Å². The van der Waals surface area contributed by atoms with Crippen LogP contribution >= 0.6 is 0 Å². The Morgan fingerprint density at radius 1 is 0.353 bits per heavy atom. The lowest BCUT2D eigenvalue weighted by Gasteiger charge is -2.13. The minimum atomic E-state index is 0.655. The maximum Gasteiger partial charge on any atom is 0.160 e. The molecule has 0 aliphatic rings. The van der Waals surface area contributed by atoms with E-state index in [2.05, 4.69) is 133 Å². The zero-order valence-corrected chi connectivity index (χ0v) is 27.5. The van der Waals surface area contributed by atoms with Crippen molar-refractivity contribution in [3.05, 3.63) is 176 Å². The topological polar surface area (TPSA) is 51.8 Å². The average Bonchev–Trinajstić information content (AvgIpc) is 3.59. The Labute approximate surface area is 294 Å². The number of hydrogen-bond donors (Lipinski definition) is 0. The number of hydrogen-bond acceptors (Lipinski definition) is 4. The molecule has 238 valence electrons. The fourth-order valence-corrected chi connectivity index (χ4v) is 7.31. The molecular formula is C47H29N3O. The SMILES string of the molecule is c1ccc(-c2cc(-c3ccccc3-c3ccccc3)nc(-c3ccc4oc5ccc6c(-c7ccccc7)nc7ccccc7c6c5c4c3)n2)cc1. The summed E-state index contributed by atoms with van der Waals surface area (Å²) < 4.78 is 6.54.